The Balaban J connectivity index is 0.00000220. The van der Waals surface area contributed by atoms with Crippen molar-refractivity contribution in [3.63, 3.8) is 0 Å². The summed E-state index contributed by atoms with van der Waals surface area (Å²) in [6, 6.07) is 3.21. The summed E-state index contributed by atoms with van der Waals surface area (Å²) in [7, 11) is 3.01. The van der Waals surface area contributed by atoms with Gasteiger partial charge in [0, 0.05) is 25.2 Å². The van der Waals surface area contributed by atoms with E-state index in [9.17, 15) is 4.79 Å². The largest absolute Gasteiger partial charge is 0.495 e. The van der Waals surface area contributed by atoms with E-state index < -0.39 is 6.10 Å². The zero-order valence-corrected chi connectivity index (χ0v) is 13.3. The van der Waals surface area contributed by atoms with Gasteiger partial charge in [-0.05, 0) is 0 Å². The lowest BCUT2D eigenvalue weighted by Crippen LogP contribution is -2.45. The quantitative estimate of drug-likeness (QED) is 0.875. The van der Waals surface area contributed by atoms with Gasteiger partial charge in [-0.25, -0.2) is 0 Å². The zero-order valence-electron chi connectivity index (χ0n) is 11.8. The standard InChI is InChI=1S/C13H17ClN2O4.ClH/c1-18-10-6-9(11(19-2)5-8(10)14)16-13(17)12-7-15-3-4-20-12;/h5-6,12,15H,3-4,7H2,1-2H3,(H,16,17);1H. The molecule has 1 amide bonds. The van der Waals surface area contributed by atoms with Gasteiger partial charge in [-0.3, -0.25) is 4.79 Å². The maximum atomic E-state index is 12.1. The summed E-state index contributed by atoms with van der Waals surface area (Å²) in [5.74, 6) is 0.693. The first-order chi connectivity index (χ1) is 9.65. The van der Waals surface area contributed by atoms with Crippen molar-refractivity contribution < 1.29 is 19.0 Å². The Morgan fingerprint density at radius 2 is 2.10 bits per heavy atom. The summed E-state index contributed by atoms with van der Waals surface area (Å²) >= 11 is 6.01. The highest BCUT2D eigenvalue weighted by Gasteiger charge is 2.23. The number of methoxy groups -OCH3 is 2. The number of carbonyl (C=O) groups is 1. The molecule has 8 heteroatoms. The van der Waals surface area contributed by atoms with Gasteiger partial charge in [0.05, 0.1) is 31.5 Å². The third-order valence-electron chi connectivity index (χ3n) is 2.95. The number of amides is 1. The number of hydrogen-bond donors (Lipinski definition) is 2. The highest BCUT2D eigenvalue weighted by atomic mass is 35.5. The molecular formula is C13H18Cl2N2O4. The first-order valence-corrected chi connectivity index (χ1v) is 6.58. The van der Waals surface area contributed by atoms with Gasteiger partial charge in [-0.1, -0.05) is 11.6 Å². The van der Waals surface area contributed by atoms with Crippen molar-refractivity contribution in [3.8, 4) is 11.5 Å². The van der Waals surface area contributed by atoms with Crippen molar-refractivity contribution >= 4 is 35.6 Å². The van der Waals surface area contributed by atoms with Gasteiger partial charge < -0.3 is 24.8 Å². The molecule has 1 aromatic rings. The number of nitrogens with one attached hydrogen (secondary N) is 2. The predicted octanol–water partition coefficient (Wildman–Crippen LogP) is 1.71. The molecule has 118 valence electrons. The zero-order chi connectivity index (χ0) is 14.5. The molecule has 0 saturated carbocycles. The fourth-order valence-electron chi connectivity index (χ4n) is 1.91. The van der Waals surface area contributed by atoms with E-state index in [1.165, 1.54) is 14.2 Å². The van der Waals surface area contributed by atoms with Crippen molar-refractivity contribution in [2.45, 2.75) is 6.10 Å². The van der Waals surface area contributed by atoms with Gasteiger partial charge in [0.1, 0.15) is 17.6 Å². The third kappa shape index (κ3) is 4.38. The lowest BCUT2D eigenvalue weighted by atomic mass is 10.2. The fraction of sp³-hybridized carbons (Fsp3) is 0.462. The fourth-order valence-corrected chi connectivity index (χ4v) is 2.14. The monoisotopic (exact) mass is 336 g/mol. The van der Waals surface area contributed by atoms with Gasteiger partial charge in [0.2, 0.25) is 0 Å². The normalized spacial score (nSPS) is 17.6. The molecule has 6 nitrogen and oxygen atoms in total. The van der Waals surface area contributed by atoms with E-state index in [-0.39, 0.29) is 18.3 Å². The molecule has 0 spiro atoms. The number of rotatable bonds is 4. The van der Waals surface area contributed by atoms with Gasteiger partial charge in [0.25, 0.3) is 5.91 Å². The average molecular weight is 337 g/mol. The van der Waals surface area contributed by atoms with Crippen LogP contribution in [-0.2, 0) is 9.53 Å². The Bertz CT molecular complexity index is 493. The third-order valence-corrected chi connectivity index (χ3v) is 3.25. The molecule has 1 aliphatic heterocycles. The molecule has 2 N–H and O–H groups in total. The van der Waals surface area contributed by atoms with E-state index in [0.717, 1.165) is 6.54 Å². The molecule has 1 aromatic carbocycles. The molecule has 1 saturated heterocycles. The number of carbonyl (C=O) groups excluding carboxylic acids is 1. The molecule has 1 heterocycles. The topological polar surface area (TPSA) is 68.8 Å². The van der Waals surface area contributed by atoms with Crippen molar-refractivity contribution in [3.05, 3.63) is 17.2 Å². The minimum absolute atomic E-state index is 0. The van der Waals surface area contributed by atoms with Crippen LogP contribution in [0.5, 0.6) is 11.5 Å². The van der Waals surface area contributed by atoms with Crippen LogP contribution in [0.3, 0.4) is 0 Å². The Morgan fingerprint density at radius 3 is 2.67 bits per heavy atom. The lowest BCUT2D eigenvalue weighted by Gasteiger charge is -2.23. The van der Waals surface area contributed by atoms with Crippen molar-refractivity contribution in [2.24, 2.45) is 0 Å². The Kier molecular flexibility index (Phi) is 7.04. The summed E-state index contributed by atoms with van der Waals surface area (Å²) in [5, 5.41) is 6.28. The highest BCUT2D eigenvalue weighted by Crippen LogP contribution is 2.35. The van der Waals surface area contributed by atoms with Gasteiger partial charge in [0.15, 0.2) is 0 Å². The molecule has 1 unspecified atom stereocenters. The van der Waals surface area contributed by atoms with E-state index in [2.05, 4.69) is 10.6 Å². The second-order valence-electron chi connectivity index (χ2n) is 4.24. The van der Waals surface area contributed by atoms with E-state index in [1.807, 2.05) is 0 Å². The number of halogens is 2. The number of benzene rings is 1. The van der Waals surface area contributed by atoms with E-state index in [0.29, 0.717) is 35.4 Å². The maximum Gasteiger partial charge on any atom is 0.254 e. The summed E-state index contributed by atoms with van der Waals surface area (Å²) in [5.41, 5.74) is 0.493. The summed E-state index contributed by atoms with van der Waals surface area (Å²) in [4.78, 5) is 12.1. The van der Waals surface area contributed by atoms with Crippen LogP contribution in [0.4, 0.5) is 5.69 Å². The van der Waals surface area contributed by atoms with Gasteiger partial charge in [-0.2, -0.15) is 0 Å². The molecule has 1 atom stereocenters. The van der Waals surface area contributed by atoms with Crippen molar-refractivity contribution in [1.29, 1.82) is 0 Å². The molecule has 0 bridgehead atoms. The van der Waals surface area contributed by atoms with Crippen LogP contribution in [0.15, 0.2) is 12.1 Å². The Morgan fingerprint density at radius 1 is 1.38 bits per heavy atom. The maximum absolute atomic E-state index is 12.1. The second kappa shape index (κ2) is 8.29. The van der Waals surface area contributed by atoms with Gasteiger partial charge >= 0.3 is 0 Å². The van der Waals surface area contributed by atoms with E-state index in [1.54, 1.807) is 12.1 Å². The molecule has 1 fully saturated rings. The molecular weight excluding hydrogens is 319 g/mol. The smallest absolute Gasteiger partial charge is 0.254 e. The molecule has 1 aliphatic rings. The van der Waals surface area contributed by atoms with Crippen LogP contribution < -0.4 is 20.1 Å². The highest BCUT2D eigenvalue weighted by molar-refractivity contribution is 6.32. The van der Waals surface area contributed by atoms with Crippen LogP contribution in [0.25, 0.3) is 0 Å². The summed E-state index contributed by atoms with van der Waals surface area (Å²) < 4.78 is 15.7. The number of morpholine rings is 1. The van der Waals surface area contributed by atoms with Crippen LogP contribution >= 0.6 is 24.0 Å². The minimum Gasteiger partial charge on any atom is -0.495 e. The summed E-state index contributed by atoms with van der Waals surface area (Å²) in [6.07, 6.45) is -0.518. The summed E-state index contributed by atoms with van der Waals surface area (Å²) in [6.45, 7) is 1.75. The van der Waals surface area contributed by atoms with Crippen LogP contribution in [0, 0.1) is 0 Å². The lowest BCUT2D eigenvalue weighted by molar-refractivity contribution is -0.128. The molecule has 2 rings (SSSR count). The van der Waals surface area contributed by atoms with E-state index >= 15 is 0 Å². The van der Waals surface area contributed by atoms with Gasteiger partial charge in [-0.15, -0.1) is 12.4 Å². The number of anilines is 1. The van der Waals surface area contributed by atoms with E-state index in [4.69, 9.17) is 25.8 Å². The number of ether oxygens (including phenoxy) is 3. The van der Waals surface area contributed by atoms with Crippen molar-refractivity contribution in [1.82, 2.24) is 5.32 Å². The number of hydrogen-bond acceptors (Lipinski definition) is 5. The molecule has 21 heavy (non-hydrogen) atoms. The minimum atomic E-state index is -0.518. The van der Waals surface area contributed by atoms with Crippen molar-refractivity contribution in [2.75, 3.05) is 39.2 Å². The van der Waals surface area contributed by atoms with Crippen LogP contribution in [0.2, 0.25) is 5.02 Å². The second-order valence-corrected chi connectivity index (χ2v) is 4.65. The SMILES string of the molecule is COc1cc(NC(=O)C2CNCCO2)c(OC)cc1Cl.Cl. The first-order valence-electron chi connectivity index (χ1n) is 6.20. The van der Waals surface area contributed by atoms with Crippen LogP contribution in [-0.4, -0.2) is 45.9 Å². The Labute approximate surface area is 134 Å². The molecule has 0 radical (unpaired) electrons. The first kappa shape index (κ1) is 17.8. The molecule has 0 aromatic heterocycles. The molecule has 0 aliphatic carbocycles. The predicted molar refractivity (Wildman–Crippen MR) is 83.0 cm³/mol. The Hall–Kier alpha value is -1.21. The van der Waals surface area contributed by atoms with Crippen LogP contribution in [0.1, 0.15) is 0 Å². The average Bonchev–Trinajstić information content (AvgIpc) is 2.49.